The van der Waals surface area contributed by atoms with Gasteiger partial charge in [-0.1, -0.05) is 46.8 Å². The molecule has 0 aliphatic rings. The number of carboxylic acid groups (broad SMARTS) is 1. The number of sulfone groups is 1. The monoisotopic (exact) mass is 684 g/mol. The van der Waals surface area contributed by atoms with E-state index in [9.17, 15) is 17.6 Å². The van der Waals surface area contributed by atoms with E-state index in [4.69, 9.17) is 20.3 Å². The van der Waals surface area contributed by atoms with Gasteiger partial charge in [0.15, 0.2) is 9.84 Å². The van der Waals surface area contributed by atoms with Gasteiger partial charge < -0.3 is 24.9 Å². The lowest BCUT2D eigenvalue weighted by Crippen LogP contribution is -2.02. The lowest BCUT2D eigenvalue weighted by atomic mass is 10.1. The molecule has 0 atom stereocenters. The Labute approximate surface area is 286 Å². The normalized spacial score (nSPS) is 10.4. The molecule has 4 aromatic rings. The third-order valence-electron chi connectivity index (χ3n) is 6.83. The Morgan fingerprint density at radius 2 is 1.40 bits per heavy atom. The Kier molecular flexibility index (Phi) is 19.6. The predicted molar refractivity (Wildman–Crippen MR) is 193 cm³/mol. The molecule has 0 unspecified atom stereocenters. The zero-order valence-corrected chi connectivity index (χ0v) is 30.3. The summed E-state index contributed by atoms with van der Waals surface area (Å²) in [4.78, 5) is 10.8. The van der Waals surface area contributed by atoms with Crippen molar-refractivity contribution in [2.24, 2.45) is 5.73 Å². The van der Waals surface area contributed by atoms with Crippen LogP contribution >= 0.6 is 0 Å². The van der Waals surface area contributed by atoms with Gasteiger partial charge in [-0.3, -0.25) is 4.79 Å². The fourth-order valence-electron chi connectivity index (χ4n) is 4.35. The third-order valence-corrected chi connectivity index (χ3v) is 7.95. The molecule has 10 heteroatoms. The van der Waals surface area contributed by atoms with E-state index in [1.807, 2.05) is 69.5 Å². The minimum atomic E-state index is -3.32. The van der Waals surface area contributed by atoms with E-state index in [0.717, 1.165) is 54.0 Å². The number of aromatic nitrogens is 1. The number of unbranched alkanes of at least 4 members (excludes halogenated alkanes) is 2. The molecule has 3 N–H and O–H groups in total. The van der Waals surface area contributed by atoms with Crippen LogP contribution in [0.2, 0.25) is 0 Å². The molecule has 264 valence electrons. The van der Waals surface area contributed by atoms with Gasteiger partial charge in [0.1, 0.15) is 23.9 Å². The van der Waals surface area contributed by atoms with E-state index >= 15 is 0 Å². The first kappa shape index (κ1) is 41.9. The molecular weight excluding hydrogens is 631 g/mol. The molecule has 8 nitrogen and oxygen atoms in total. The highest BCUT2D eigenvalue weighted by atomic mass is 32.2. The number of benzene rings is 3. The van der Waals surface area contributed by atoms with Crippen molar-refractivity contribution in [1.29, 1.82) is 0 Å². The Hall–Kier alpha value is -4.15. The second-order valence-electron chi connectivity index (χ2n) is 10.4. The molecule has 0 saturated carbocycles. The van der Waals surface area contributed by atoms with Crippen molar-refractivity contribution in [2.75, 3.05) is 19.4 Å². The van der Waals surface area contributed by atoms with Gasteiger partial charge in [0, 0.05) is 29.6 Å². The van der Waals surface area contributed by atoms with Crippen LogP contribution in [0.4, 0.5) is 4.39 Å². The molecule has 0 bridgehead atoms. The first-order valence-corrected chi connectivity index (χ1v) is 18.5. The van der Waals surface area contributed by atoms with Crippen LogP contribution in [-0.4, -0.2) is 43.5 Å². The van der Waals surface area contributed by atoms with Crippen LogP contribution in [0.3, 0.4) is 0 Å². The van der Waals surface area contributed by atoms with E-state index in [1.54, 1.807) is 36.4 Å². The Morgan fingerprint density at radius 3 is 1.90 bits per heavy atom. The maximum atomic E-state index is 13.7. The number of carbonyl (C=O) groups is 1. The average Bonchev–Trinajstić information content (AvgIpc) is 3.43. The Balaban J connectivity index is 0.00000132. The zero-order chi connectivity index (χ0) is 36.1. The maximum absolute atomic E-state index is 13.7. The zero-order valence-electron chi connectivity index (χ0n) is 29.5. The van der Waals surface area contributed by atoms with Crippen LogP contribution in [0.1, 0.15) is 78.0 Å². The number of carboxylic acids is 1. The quantitative estimate of drug-likeness (QED) is 0.127. The molecule has 0 aliphatic heterocycles. The lowest BCUT2D eigenvalue weighted by molar-refractivity contribution is -0.137. The van der Waals surface area contributed by atoms with E-state index in [-0.39, 0.29) is 23.7 Å². The highest BCUT2D eigenvalue weighted by Crippen LogP contribution is 2.31. The van der Waals surface area contributed by atoms with E-state index in [2.05, 4.69) is 6.92 Å². The van der Waals surface area contributed by atoms with Crippen LogP contribution in [0, 0.1) is 12.7 Å². The summed E-state index contributed by atoms with van der Waals surface area (Å²) in [6.45, 7) is 13.6. The van der Waals surface area contributed by atoms with Crippen molar-refractivity contribution in [3.63, 3.8) is 0 Å². The summed E-state index contributed by atoms with van der Waals surface area (Å²) in [5.41, 5.74) is 9.28. The number of hydrogen-bond acceptors (Lipinski definition) is 6. The standard InChI is InChI=1S/C31H32FNO6S.C3H9N.2C2H6/c1-22-24(21-39-28-15-13-27(14-16-28)38-19-5-3-4-6-31(34)35)20-30(33(22)26-11-9-25(32)10-12-26)23-7-17-29(18-8-23)40(2,36)37;1-2-3-4;2*1-2/h7-18,20H,3-6,19,21H2,1-2H3,(H,34,35);2-4H2,1H3;2*1-2H3. The van der Waals surface area contributed by atoms with Crippen molar-refractivity contribution >= 4 is 15.8 Å². The number of ether oxygens (including phenoxy) is 2. The number of rotatable bonds is 14. The molecule has 0 amide bonds. The first-order valence-electron chi connectivity index (χ1n) is 16.6. The Bertz CT molecular complexity index is 1580. The fraction of sp³-hybridized carbons (Fsp3) is 0.395. The summed E-state index contributed by atoms with van der Waals surface area (Å²) < 4.78 is 51.3. The molecular formula is C38H53FN2O6S. The summed E-state index contributed by atoms with van der Waals surface area (Å²) in [6.07, 6.45) is 4.67. The third kappa shape index (κ3) is 13.9. The average molecular weight is 685 g/mol. The van der Waals surface area contributed by atoms with Crippen molar-refractivity contribution in [2.45, 2.75) is 85.1 Å². The van der Waals surface area contributed by atoms with Crippen molar-refractivity contribution in [3.05, 3.63) is 95.9 Å². The van der Waals surface area contributed by atoms with Crippen LogP contribution in [0.25, 0.3) is 16.9 Å². The molecule has 0 radical (unpaired) electrons. The van der Waals surface area contributed by atoms with Gasteiger partial charge in [-0.15, -0.1) is 0 Å². The van der Waals surface area contributed by atoms with Crippen molar-refractivity contribution in [3.8, 4) is 28.4 Å². The molecule has 0 fully saturated rings. The highest BCUT2D eigenvalue weighted by molar-refractivity contribution is 7.90. The molecule has 0 aliphatic carbocycles. The minimum absolute atomic E-state index is 0.176. The minimum Gasteiger partial charge on any atom is -0.494 e. The van der Waals surface area contributed by atoms with Gasteiger partial charge >= 0.3 is 5.97 Å². The van der Waals surface area contributed by atoms with Gasteiger partial charge in [-0.25, -0.2) is 12.8 Å². The maximum Gasteiger partial charge on any atom is 0.303 e. The largest absolute Gasteiger partial charge is 0.494 e. The number of nitrogens with zero attached hydrogens (tertiary/aromatic N) is 1. The topological polar surface area (TPSA) is 121 Å². The van der Waals surface area contributed by atoms with Crippen LogP contribution in [0.5, 0.6) is 11.5 Å². The van der Waals surface area contributed by atoms with Gasteiger partial charge in [-0.05, 0) is 111 Å². The van der Waals surface area contributed by atoms with Gasteiger partial charge in [0.05, 0.1) is 17.2 Å². The number of halogens is 1. The second kappa shape index (κ2) is 22.4. The van der Waals surface area contributed by atoms with Crippen LogP contribution in [0.15, 0.2) is 83.8 Å². The van der Waals surface area contributed by atoms with Crippen LogP contribution < -0.4 is 15.2 Å². The van der Waals surface area contributed by atoms with E-state index in [0.29, 0.717) is 24.5 Å². The lowest BCUT2D eigenvalue weighted by Gasteiger charge is -2.13. The molecule has 48 heavy (non-hydrogen) atoms. The summed E-state index contributed by atoms with van der Waals surface area (Å²) >= 11 is 0. The van der Waals surface area contributed by atoms with E-state index < -0.39 is 15.8 Å². The number of hydrogen-bond donors (Lipinski definition) is 2. The fourth-order valence-corrected chi connectivity index (χ4v) is 4.98. The number of aliphatic carboxylic acids is 1. The first-order chi connectivity index (χ1) is 23.0. The second-order valence-corrected chi connectivity index (χ2v) is 12.4. The SMILES string of the molecule is CC.CC.CCCN.Cc1c(COc2ccc(OCCCCCC(=O)O)cc2)cc(-c2ccc(S(C)(=O)=O)cc2)n1-c1ccc(F)cc1. The Morgan fingerprint density at radius 1 is 0.854 bits per heavy atom. The highest BCUT2D eigenvalue weighted by Gasteiger charge is 2.17. The van der Waals surface area contributed by atoms with Crippen molar-refractivity contribution in [1.82, 2.24) is 4.57 Å². The molecule has 4 rings (SSSR count). The summed E-state index contributed by atoms with van der Waals surface area (Å²) in [5.74, 6) is 0.269. The molecule has 3 aromatic carbocycles. The van der Waals surface area contributed by atoms with E-state index in [1.165, 1.54) is 18.4 Å². The summed E-state index contributed by atoms with van der Waals surface area (Å²) in [7, 11) is -3.32. The van der Waals surface area contributed by atoms with Crippen molar-refractivity contribution < 1.29 is 32.2 Å². The molecule has 0 spiro atoms. The van der Waals surface area contributed by atoms with Gasteiger partial charge in [0.25, 0.3) is 0 Å². The van der Waals surface area contributed by atoms with Gasteiger partial charge in [0.2, 0.25) is 0 Å². The smallest absolute Gasteiger partial charge is 0.303 e. The molecule has 1 aromatic heterocycles. The molecule has 0 saturated heterocycles. The van der Waals surface area contributed by atoms with Gasteiger partial charge in [-0.2, -0.15) is 0 Å². The molecule has 1 heterocycles. The van der Waals surface area contributed by atoms with Crippen LogP contribution in [-0.2, 0) is 21.2 Å². The predicted octanol–water partition coefficient (Wildman–Crippen LogP) is 9.01. The summed E-state index contributed by atoms with van der Waals surface area (Å²) in [6, 6.07) is 22.2. The number of nitrogens with two attached hydrogens (primary N) is 1. The summed E-state index contributed by atoms with van der Waals surface area (Å²) in [5, 5.41) is 8.69.